The average Bonchev–Trinajstić information content (AvgIpc) is 3.21. The lowest BCUT2D eigenvalue weighted by atomic mass is 9.86. The molecular formula is C18H20FN3OS. The number of likely N-dealkylation sites (tertiary alicyclic amines) is 1. The van der Waals surface area contributed by atoms with Gasteiger partial charge in [-0.3, -0.25) is 4.79 Å². The molecule has 1 atom stereocenters. The minimum absolute atomic E-state index is 0.00549. The molecule has 6 heteroatoms. The van der Waals surface area contributed by atoms with Crippen molar-refractivity contribution in [2.45, 2.75) is 26.3 Å². The normalized spacial score (nSPS) is 23.7. The zero-order chi connectivity index (χ0) is 16.7. The molecule has 1 aromatic carbocycles. The second-order valence-corrected chi connectivity index (χ2v) is 8.00. The standard InChI is InChI=1S/C18H20FN3OS/c1-13-20-15(10-24-13)9-22-12-18(8-17(22)23)5-6-21(11-18)16-4-2-3-14(19)7-16/h2-4,7,10H,5-6,8-9,11-12H2,1H3. The molecule has 2 aliphatic rings. The molecule has 2 fully saturated rings. The lowest BCUT2D eigenvalue weighted by Crippen LogP contribution is -2.31. The Morgan fingerprint density at radius 3 is 3.00 bits per heavy atom. The maximum absolute atomic E-state index is 13.5. The number of aryl methyl sites for hydroxylation is 1. The Hall–Kier alpha value is -1.95. The van der Waals surface area contributed by atoms with E-state index in [1.807, 2.05) is 23.3 Å². The summed E-state index contributed by atoms with van der Waals surface area (Å²) in [4.78, 5) is 21.1. The van der Waals surface area contributed by atoms with E-state index in [9.17, 15) is 9.18 Å². The van der Waals surface area contributed by atoms with Crippen LogP contribution in [0, 0.1) is 18.2 Å². The van der Waals surface area contributed by atoms with Crippen molar-refractivity contribution in [3.05, 3.63) is 46.2 Å². The molecule has 1 amide bonds. The number of hydrogen-bond acceptors (Lipinski definition) is 4. The summed E-state index contributed by atoms with van der Waals surface area (Å²) in [7, 11) is 0. The molecule has 1 aromatic heterocycles. The summed E-state index contributed by atoms with van der Waals surface area (Å²) >= 11 is 1.62. The first-order chi connectivity index (χ1) is 11.5. The number of anilines is 1. The second kappa shape index (κ2) is 5.84. The van der Waals surface area contributed by atoms with Gasteiger partial charge in [0.1, 0.15) is 5.82 Å². The average molecular weight is 345 g/mol. The molecule has 3 heterocycles. The fourth-order valence-electron chi connectivity index (χ4n) is 3.90. The minimum Gasteiger partial charge on any atom is -0.371 e. The smallest absolute Gasteiger partial charge is 0.223 e. The predicted molar refractivity (Wildman–Crippen MR) is 92.5 cm³/mol. The third-order valence-corrected chi connectivity index (χ3v) is 5.86. The number of amides is 1. The summed E-state index contributed by atoms with van der Waals surface area (Å²) in [6.45, 7) is 5.05. The van der Waals surface area contributed by atoms with Crippen molar-refractivity contribution in [3.63, 3.8) is 0 Å². The van der Waals surface area contributed by atoms with Gasteiger partial charge in [0.15, 0.2) is 0 Å². The molecule has 0 radical (unpaired) electrons. The van der Waals surface area contributed by atoms with Crippen LogP contribution in [0.5, 0.6) is 0 Å². The topological polar surface area (TPSA) is 36.4 Å². The summed E-state index contributed by atoms with van der Waals surface area (Å²) in [6.07, 6.45) is 1.56. The zero-order valence-corrected chi connectivity index (χ0v) is 14.5. The molecular weight excluding hydrogens is 325 g/mol. The third-order valence-electron chi connectivity index (χ3n) is 5.04. The number of aromatic nitrogens is 1. The van der Waals surface area contributed by atoms with E-state index >= 15 is 0 Å². The fraction of sp³-hybridized carbons (Fsp3) is 0.444. The minimum atomic E-state index is -0.212. The number of carbonyl (C=O) groups excluding carboxylic acids is 1. The van der Waals surface area contributed by atoms with Crippen LogP contribution in [-0.2, 0) is 11.3 Å². The number of halogens is 1. The monoisotopic (exact) mass is 345 g/mol. The highest BCUT2D eigenvalue weighted by Gasteiger charge is 2.47. The first kappa shape index (κ1) is 15.6. The molecule has 126 valence electrons. The van der Waals surface area contributed by atoms with Crippen molar-refractivity contribution in [2.75, 3.05) is 24.5 Å². The summed E-state index contributed by atoms with van der Waals surface area (Å²) in [5.74, 6) is -0.00165. The molecule has 0 bridgehead atoms. The van der Waals surface area contributed by atoms with Crippen molar-refractivity contribution < 1.29 is 9.18 Å². The van der Waals surface area contributed by atoms with Gasteiger partial charge in [0, 0.05) is 42.5 Å². The maximum Gasteiger partial charge on any atom is 0.223 e. The summed E-state index contributed by atoms with van der Waals surface area (Å²) in [5.41, 5.74) is 1.88. The third kappa shape index (κ3) is 2.90. The van der Waals surface area contributed by atoms with Crippen LogP contribution in [0.15, 0.2) is 29.6 Å². The molecule has 24 heavy (non-hydrogen) atoms. The first-order valence-electron chi connectivity index (χ1n) is 8.22. The van der Waals surface area contributed by atoms with Crippen LogP contribution in [0.1, 0.15) is 23.5 Å². The summed E-state index contributed by atoms with van der Waals surface area (Å²) < 4.78 is 13.5. The Bertz CT molecular complexity index is 777. The van der Waals surface area contributed by atoms with E-state index in [2.05, 4.69) is 9.88 Å². The van der Waals surface area contributed by atoms with Gasteiger partial charge < -0.3 is 9.80 Å². The molecule has 1 unspecified atom stereocenters. The van der Waals surface area contributed by atoms with Gasteiger partial charge >= 0.3 is 0 Å². The van der Waals surface area contributed by atoms with Crippen LogP contribution >= 0.6 is 11.3 Å². The Morgan fingerprint density at radius 1 is 1.38 bits per heavy atom. The molecule has 0 N–H and O–H groups in total. The lowest BCUT2D eigenvalue weighted by Gasteiger charge is -2.25. The van der Waals surface area contributed by atoms with Crippen molar-refractivity contribution >= 4 is 22.9 Å². The van der Waals surface area contributed by atoms with E-state index < -0.39 is 0 Å². The molecule has 4 rings (SSSR count). The van der Waals surface area contributed by atoms with Crippen LogP contribution in [0.2, 0.25) is 0 Å². The van der Waals surface area contributed by atoms with Crippen molar-refractivity contribution in [1.82, 2.24) is 9.88 Å². The number of nitrogens with zero attached hydrogens (tertiary/aromatic N) is 3. The van der Waals surface area contributed by atoms with Crippen molar-refractivity contribution in [1.29, 1.82) is 0 Å². The summed E-state index contributed by atoms with van der Waals surface area (Å²) in [6, 6.07) is 6.72. The zero-order valence-electron chi connectivity index (χ0n) is 13.7. The largest absolute Gasteiger partial charge is 0.371 e. The van der Waals surface area contributed by atoms with E-state index in [1.165, 1.54) is 6.07 Å². The van der Waals surface area contributed by atoms with Crippen LogP contribution in [0.4, 0.5) is 10.1 Å². The fourth-order valence-corrected chi connectivity index (χ4v) is 4.51. The van der Waals surface area contributed by atoms with E-state index in [0.717, 1.165) is 42.4 Å². The number of carbonyl (C=O) groups is 1. The number of benzene rings is 1. The Balaban J connectivity index is 1.46. The van der Waals surface area contributed by atoms with Crippen LogP contribution in [0.3, 0.4) is 0 Å². The number of hydrogen-bond donors (Lipinski definition) is 0. The van der Waals surface area contributed by atoms with Gasteiger partial charge in [-0.05, 0) is 31.5 Å². The maximum atomic E-state index is 13.5. The molecule has 2 aromatic rings. The molecule has 4 nitrogen and oxygen atoms in total. The van der Waals surface area contributed by atoms with Crippen LogP contribution in [0.25, 0.3) is 0 Å². The van der Waals surface area contributed by atoms with E-state index in [1.54, 1.807) is 23.5 Å². The summed E-state index contributed by atoms with van der Waals surface area (Å²) in [5, 5.41) is 3.06. The highest BCUT2D eigenvalue weighted by molar-refractivity contribution is 7.09. The van der Waals surface area contributed by atoms with Gasteiger partial charge in [0.25, 0.3) is 0 Å². The second-order valence-electron chi connectivity index (χ2n) is 6.94. The molecule has 0 aliphatic carbocycles. The van der Waals surface area contributed by atoms with Crippen molar-refractivity contribution in [2.24, 2.45) is 5.41 Å². The van der Waals surface area contributed by atoms with Gasteiger partial charge in [-0.15, -0.1) is 11.3 Å². The Labute approximate surface area is 144 Å². The van der Waals surface area contributed by atoms with Crippen LogP contribution < -0.4 is 4.90 Å². The quantitative estimate of drug-likeness (QED) is 0.857. The highest BCUT2D eigenvalue weighted by atomic mass is 32.1. The highest BCUT2D eigenvalue weighted by Crippen LogP contribution is 2.42. The van der Waals surface area contributed by atoms with Gasteiger partial charge in [-0.25, -0.2) is 9.37 Å². The van der Waals surface area contributed by atoms with Crippen molar-refractivity contribution in [3.8, 4) is 0 Å². The number of rotatable bonds is 3. The lowest BCUT2D eigenvalue weighted by molar-refractivity contribution is -0.128. The Kier molecular flexibility index (Phi) is 3.79. The van der Waals surface area contributed by atoms with Gasteiger partial charge in [-0.1, -0.05) is 6.07 Å². The predicted octanol–water partition coefficient (Wildman–Crippen LogP) is 3.22. The van der Waals surface area contributed by atoms with Gasteiger partial charge in [0.05, 0.1) is 17.2 Å². The van der Waals surface area contributed by atoms with Crippen LogP contribution in [-0.4, -0.2) is 35.4 Å². The van der Waals surface area contributed by atoms with E-state index in [4.69, 9.17) is 0 Å². The van der Waals surface area contributed by atoms with E-state index in [0.29, 0.717) is 13.0 Å². The van der Waals surface area contributed by atoms with Gasteiger partial charge in [0.2, 0.25) is 5.91 Å². The Morgan fingerprint density at radius 2 is 2.25 bits per heavy atom. The number of thiazole rings is 1. The van der Waals surface area contributed by atoms with Gasteiger partial charge in [-0.2, -0.15) is 0 Å². The SMILES string of the molecule is Cc1nc(CN2CC3(CCN(c4cccc(F)c4)C3)CC2=O)cs1. The molecule has 2 saturated heterocycles. The molecule has 0 saturated carbocycles. The molecule has 2 aliphatic heterocycles. The molecule has 1 spiro atoms. The first-order valence-corrected chi connectivity index (χ1v) is 9.10. The van der Waals surface area contributed by atoms with E-state index in [-0.39, 0.29) is 17.1 Å².